The van der Waals surface area contributed by atoms with Crippen molar-refractivity contribution in [2.75, 3.05) is 6.54 Å². The Kier molecular flexibility index (Phi) is 7.37. The molecule has 0 aliphatic rings. The summed E-state index contributed by atoms with van der Waals surface area (Å²) in [5.41, 5.74) is 1.83. The van der Waals surface area contributed by atoms with Crippen molar-refractivity contribution in [1.29, 1.82) is 0 Å². The summed E-state index contributed by atoms with van der Waals surface area (Å²) < 4.78 is 15.8. The smallest absolute Gasteiger partial charge is 0.255 e. The second-order valence-electron chi connectivity index (χ2n) is 7.85. The highest BCUT2D eigenvalue weighted by Crippen LogP contribution is 2.25. The van der Waals surface area contributed by atoms with Crippen LogP contribution in [-0.4, -0.2) is 26.9 Å². The lowest BCUT2D eigenvalue weighted by Gasteiger charge is -2.24. The quantitative estimate of drug-likeness (QED) is 0.389. The number of amides is 1. The van der Waals surface area contributed by atoms with E-state index >= 15 is 0 Å². The number of benzene rings is 2. The molecular weight excluding hydrogens is 424 g/mol. The topological polar surface area (TPSA) is 38.1 Å². The molecule has 1 heterocycles. The molecule has 1 amide bonds. The Bertz CT molecular complexity index is 1050. The Morgan fingerprint density at radius 3 is 2.67 bits per heavy atom. The van der Waals surface area contributed by atoms with Gasteiger partial charge in [-0.15, -0.1) is 0 Å². The van der Waals surface area contributed by atoms with Gasteiger partial charge >= 0.3 is 0 Å². The zero-order valence-corrected chi connectivity index (χ0v) is 19.0. The number of imidazole rings is 1. The molecule has 0 radical (unpaired) electrons. The predicted octanol–water partition coefficient (Wildman–Crippen LogP) is 6.58. The molecule has 0 fully saturated rings. The zero-order chi connectivity index (χ0) is 21.8. The van der Waals surface area contributed by atoms with Crippen LogP contribution in [0.2, 0.25) is 10.0 Å². The fourth-order valence-electron chi connectivity index (χ4n) is 3.42. The van der Waals surface area contributed by atoms with Crippen LogP contribution in [0.1, 0.15) is 49.8 Å². The fourth-order valence-corrected chi connectivity index (χ4v) is 3.79. The van der Waals surface area contributed by atoms with Gasteiger partial charge < -0.3 is 9.47 Å². The number of halogens is 3. The van der Waals surface area contributed by atoms with Crippen molar-refractivity contribution in [2.45, 2.75) is 46.7 Å². The summed E-state index contributed by atoms with van der Waals surface area (Å²) in [6.45, 7) is 7.91. The van der Waals surface area contributed by atoms with Crippen LogP contribution in [0, 0.1) is 11.7 Å². The van der Waals surface area contributed by atoms with E-state index in [4.69, 9.17) is 23.2 Å². The van der Waals surface area contributed by atoms with Crippen molar-refractivity contribution in [3.8, 4) is 0 Å². The number of aromatic nitrogens is 2. The molecule has 2 aromatic carbocycles. The first-order valence-corrected chi connectivity index (χ1v) is 10.9. The third-order valence-electron chi connectivity index (χ3n) is 4.99. The van der Waals surface area contributed by atoms with E-state index in [9.17, 15) is 9.18 Å². The largest absolute Gasteiger partial charge is 0.331 e. The average molecular weight is 450 g/mol. The fraction of sp³-hybridized carbons (Fsp3) is 0.391. The zero-order valence-electron chi connectivity index (χ0n) is 17.5. The standard InChI is InChI=1S/C23H26Cl2FN3O/c1-4-10-29-21-8-6-17(26)13-20(21)27-22(29)14-28(11-9-15(2)3)23(30)18-12-16(24)5-7-19(18)25/h5-8,12-13,15H,4,9-11,14H2,1-3H3. The van der Waals surface area contributed by atoms with Gasteiger partial charge in [0.15, 0.2) is 0 Å². The van der Waals surface area contributed by atoms with Crippen LogP contribution in [0.25, 0.3) is 11.0 Å². The minimum atomic E-state index is -0.325. The number of hydrogen-bond acceptors (Lipinski definition) is 2. The van der Waals surface area contributed by atoms with Crippen LogP contribution in [0.5, 0.6) is 0 Å². The summed E-state index contributed by atoms with van der Waals surface area (Å²) in [5, 5.41) is 0.823. The number of carbonyl (C=O) groups is 1. The summed E-state index contributed by atoms with van der Waals surface area (Å²) in [7, 11) is 0. The first kappa shape index (κ1) is 22.6. The molecule has 7 heteroatoms. The summed E-state index contributed by atoms with van der Waals surface area (Å²) in [6, 6.07) is 9.50. The molecule has 3 aromatic rings. The van der Waals surface area contributed by atoms with Gasteiger partial charge in [0.1, 0.15) is 11.6 Å². The molecule has 3 rings (SSSR count). The van der Waals surface area contributed by atoms with E-state index in [0.717, 1.165) is 30.7 Å². The number of fused-ring (bicyclic) bond motifs is 1. The maximum absolute atomic E-state index is 13.7. The molecule has 4 nitrogen and oxygen atoms in total. The van der Waals surface area contributed by atoms with Crippen molar-refractivity contribution in [3.05, 3.63) is 63.6 Å². The van der Waals surface area contributed by atoms with Crippen LogP contribution in [0.15, 0.2) is 36.4 Å². The maximum atomic E-state index is 13.7. The average Bonchev–Trinajstić information content (AvgIpc) is 3.02. The van der Waals surface area contributed by atoms with E-state index in [0.29, 0.717) is 40.1 Å². The van der Waals surface area contributed by atoms with E-state index in [1.807, 2.05) is 0 Å². The van der Waals surface area contributed by atoms with Crippen LogP contribution in [0.4, 0.5) is 4.39 Å². The molecule has 0 saturated carbocycles. The van der Waals surface area contributed by atoms with Crippen LogP contribution < -0.4 is 0 Å². The molecule has 0 unspecified atom stereocenters. The van der Waals surface area contributed by atoms with Gasteiger partial charge in [-0.1, -0.05) is 44.0 Å². The lowest BCUT2D eigenvalue weighted by Crippen LogP contribution is -2.33. The molecule has 160 valence electrons. The summed E-state index contributed by atoms with van der Waals surface area (Å²) in [5.74, 6) is 0.643. The van der Waals surface area contributed by atoms with Gasteiger partial charge in [0.25, 0.3) is 5.91 Å². The van der Waals surface area contributed by atoms with Crippen LogP contribution in [0.3, 0.4) is 0 Å². The SMILES string of the molecule is CCCn1c(CN(CCC(C)C)C(=O)c2cc(Cl)ccc2Cl)nc2cc(F)ccc21. The lowest BCUT2D eigenvalue weighted by atomic mass is 10.1. The molecule has 30 heavy (non-hydrogen) atoms. The number of aryl methyl sites for hydroxylation is 1. The second-order valence-corrected chi connectivity index (χ2v) is 8.69. The number of carbonyl (C=O) groups excluding carboxylic acids is 1. The highest BCUT2D eigenvalue weighted by molar-refractivity contribution is 6.35. The van der Waals surface area contributed by atoms with Gasteiger partial charge in [-0.25, -0.2) is 9.37 Å². The Balaban J connectivity index is 2.00. The van der Waals surface area contributed by atoms with Gasteiger partial charge in [-0.2, -0.15) is 0 Å². The molecule has 0 aliphatic heterocycles. The van der Waals surface area contributed by atoms with E-state index in [1.165, 1.54) is 12.1 Å². The monoisotopic (exact) mass is 449 g/mol. The van der Waals surface area contributed by atoms with E-state index in [2.05, 4.69) is 30.3 Å². The molecule has 0 aliphatic carbocycles. The second kappa shape index (κ2) is 9.80. The van der Waals surface area contributed by atoms with Gasteiger partial charge in [-0.3, -0.25) is 4.79 Å². The van der Waals surface area contributed by atoms with Crippen molar-refractivity contribution in [3.63, 3.8) is 0 Å². The van der Waals surface area contributed by atoms with Crippen molar-refractivity contribution in [1.82, 2.24) is 14.5 Å². The Labute approximate surface area is 186 Å². The minimum Gasteiger partial charge on any atom is -0.331 e. The minimum absolute atomic E-state index is 0.190. The van der Waals surface area contributed by atoms with Crippen molar-refractivity contribution in [2.24, 2.45) is 5.92 Å². The first-order chi connectivity index (χ1) is 14.3. The molecule has 0 bridgehead atoms. The highest BCUT2D eigenvalue weighted by Gasteiger charge is 2.22. The number of hydrogen-bond donors (Lipinski definition) is 0. The predicted molar refractivity (Wildman–Crippen MR) is 121 cm³/mol. The normalized spacial score (nSPS) is 11.4. The van der Waals surface area contributed by atoms with Gasteiger partial charge in [-0.05, 0) is 49.1 Å². The number of nitrogens with zero attached hydrogens (tertiary/aromatic N) is 3. The Hall–Kier alpha value is -2.11. The first-order valence-electron chi connectivity index (χ1n) is 10.2. The molecule has 0 saturated heterocycles. The van der Waals surface area contributed by atoms with Crippen molar-refractivity contribution >= 4 is 40.1 Å². The summed E-state index contributed by atoms with van der Waals surface area (Å²) in [6.07, 6.45) is 1.74. The summed E-state index contributed by atoms with van der Waals surface area (Å²) in [4.78, 5) is 19.8. The van der Waals surface area contributed by atoms with Gasteiger partial charge in [0.2, 0.25) is 0 Å². The van der Waals surface area contributed by atoms with E-state index in [-0.39, 0.29) is 11.7 Å². The third-order valence-corrected chi connectivity index (χ3v) is 5.56. The molecule has 1 aromatic heterocycles. The van der Waals surface area contributed by atoms with Crippen LogP contribution >= 0.6 is 23.2 Å². The lowest BCUT2D eigenvalue weighted by molar-refractivity contribution is 0.0729. The third kappa shape index (κ3) is 5.13. The molecule has 0 atom stereocenters. The molecule has 0 N–H and O–H groups in total. The number of rotatable bonds is 8. The van der Waals surface area contributed by atoms with Crippen molar-refractivity contribution < 1.29 is 9.18 Å². The molecule has 0 spiro atoms. The Morgan fingerprint density at radius 1 is 1.20 bits per heavy atom. The highest BCUT2D eigenvalue weighted by atomic mass is 35.5. The Morgan fingerprint density at radius 2 is 1.97 bits per heavy atom. The van der Waals surface area contributed by atoms with Gasteiger partial charge in [0.05, 0.1) is 28.2 Å². The van der Waals surface area contributed by atoms with E-state index < -0.39 is 0 Å². The van der Waals surface area contributed by atoms with Gasteiger partial charge in [0, 0.05) is 24.2 Å². The summed E-state index contributed by atoms with van der Waals surface area (Å²) >= 11 is 12.4. The molecular formula is C23H26Cl2FN3O. The van der Waals surface area contributed by atoms with E-state index in [1.54, 1.807) is 29.2 Å². The maximum Gasteiger partial charge on any atom is 0.255 e. The van der Waals surface area contributed by atoms with Crippen LogP contribution in [-0.2, 0) is 13.1 Å².